The van der Waals surface area contributed by atoms with Crippen LogP contribution in [0.2, 0.25) is 0 Å². The van der Waals surface area contributed by atoms with Gasteiger partial charge >= 0.3 is 0 Å². The fourth-order valence-corrected chi connectivity index (χ4v) is 3.14. The Bertz CT molecular complexity index is 258. The molecule has 1 saturated carbocycles. The molecule has 1 amide bonds. The summed E-state index contributed by atoms with van der Waals surface area (Å²) in [5.41, 5.74) is 0.362. The third-order valence-electron chi connectivity index (χ3n) is 4.04. The van der Waals surface area contributed by atoms with Crippen LogP contribution in [0.25, 0.3) is 0 Å². The van der Waals surface area contributed by atoms with E-state index in [4.69, 9.17) is 0 Å². The number of hydrogen-bond donors (Lipinski definition) is 0. The summed E-state index contributed by atoms with van der Waals surface area (Å²) in [5, 5.41) is 0. The number of amides is 1. The van der Waals surface area contributed by atoms with Gasteiger partial charge in [0.15, 0.2) is 0 Å². The Hall–Kier alpha value is -0.530. The molecule has 15 heavy (non-hydrogen) atoms. The zero-order valence-corrected chi connectivity index (χ0v) is 10.3. The number of likely N-dealkylation sites (tertiary alicyclic amines) is 1. The average Bonchev–Trinajstić information content (AvgIpc) is 2.44. The summed E-state index contributed by atoms with van der Waals surface area (Å²) in [6, 6.07) is 0. The summed E-state index contributed by atoms with van der Waals surface area (Å²) >= 11 is 0. The number of carbonyl (C=O) groups excluding carboxylic acids is 1. The van der Waals surface area contributed by atoms with Gasteiger partial charge in [-0.05, 0) is 39.0 Å². The van der Waals surface area contributed by atoms with Crippen molar-refractivity contribution in [2.75, 3.05) is 6.54 Å². The number of hydrogen-bond acceptors (Lipinski definition) is 1. The molecule has 0 unspecified atom stereocenters. The third kappa shape index (κ3) is 2.04. The summed E-state index contributed by atoms with van der Waals surface area (Å²) in [5.74, 6) is 0.379. The summed E-state index contributed by atoms with van der Waals surface area (Å²) in [7, 11) is 0. The lowest BCUT2D eigenvalue weighted by atomic mass is 9.73. The van der Waals surface area contributed by atoms with Crippen LogP contribution in [0.15, 0.2) is 0 Å². The highest BCUT2D eigenvalue weighted by atomic mass is 16.2. The molecule has 2 heteroatoms. The van der Waals surface area contributed by atoms with Gasteiger partial charge in [-0.2, -0.15) is 0 Å². The van der Waals surface area contributed by atoms with Crippen LogP contribution in [0.4, 0.5) is 0 Å². The van der Waals surface area contributed by atoms with Crippen molar-refractivity contribution in [2.45, 2.75) is 64.8 Å². The zero-order valence-electron chi connectivity index (χ0n) is 10.3. The number of rotatable bonds is 0. The van der Waals surface area contributed by atoms with E-state index in [9.17, 15) is 4.79 Å². The lowest BCUT2D eigenvalue weighted by molar-refractivity contribution is -0.131. The maximum Gasteiger partial charge on any atom is 0.223 e. The molecule has 0 radical (unpaired) electrons. The topological polar surface area (TPSA) is 20.3 Å². The zero-order chi connectivity index (χ0) is 11.1. The highest BCUT2D eigenvalue weighted by molar-refractivity contribution is 5.80. The first-order chi connectivity index (χ1) is 6.93. The second-order valence-electron chi connectivity index (χ2n) is 6.39. The predicted octanol–water partition coefficient (Wildman–Crippen LogP) is 2.97. The van der Waals surface area contributed by atoms with Crippen LogP contribution in [0.1, 0.15) is 59.3 Å². The molecule has 2 aliphatic rings. The molecule has 0 atom stereocenters. The van der Waals surface area contributed by atoms with E-state index in [-0.39, 0.29) is 5.54 Å². The lowest BCUT2D eigenvalue weighted by Crippen LogP contribution is -2.43. The van der Waals surface area contributed by atoms with Crippen LogP contribution in [-0.2, 0) is 4.79 Å². The lowest BCUT2D eigenvalue weighted by Gasteiger charge is -2.36. The van der Waals surface area contributed by atoms with Crippen LogP contribution in [0, 0.1) is 5.41 Å². The first kappa shape index (κ1) is 11.0. The molecular weight excluding hydrogens is 186 g/mol. The van der Waals surface area contributed by atoms with Gasteiger partial charge in [0.1, 0.15) is 0 Å². The van der Waals surface area contributed by atoms with Crippen molar-refractivity contribution in [1.82, 2.24) is 4.90 Å². The standard InChI is InChI=1S/C13H23NO/c1-12(2,3)14-10-13(9-11(14)15)7-5-4-6-8-13/h4-10H2,1-3H3. The molecule has 2 fully saturated rings. The SMILES string of the molecule is CC(C)(C)N1CC2(CCCCC2)CC1=O. The molecule has 2 rings (SSSR count). The van der Waals surface area contributed by atoms with E-state index in [2.05, 4.69) is 25.7 Å². The van der Waals surface area contributed by atoms with Gasteiger partial charge < -0.3 is 4.90 Å². The van der Waals surface area contributed by atoms with Gasteiger partial charge in [-0.15, -0.1) is 0 Å². The highest BCUT2D eigenvalue weighted by Gasteiger charge is 2.46. The molecule has 1 aliphatic carbocycles. The van der Waals surface area contributed by atoms with Gasteiger partial charge in [-0.3, -0.25) is 4.79 Å². The molecule has 1 saturated heterocycles. The number of carbonyl (C=O) groups is 1. The van der Waals surface area contributed by atoms with Crippen molar-refractivity contribution in [3.63, 3.8) is 0 Å². The van der Waals surface area contributed by atoms with Crippen molar-refractivity contribution in [3.05, 3.63) is 0 Å². The summed E-state index contributed by atoms with van der Waals surface area (Å²) in [6.45, 7) is 7.45. The largest absolute Gasteiger partial charge is 0.337 e. The molecule has 0 aromatic carbocycles. The van der Waals surface area contributed by atoms with E-state index in [0.717, 1.165) is 13.0 Å². The molecule has 1 heterocycles. The first-order valence-corrected chi connectivity index (χ1v) is 6.24. The molecule has 0 aromatic heterocycles. The van der Waals surface area contributed by atoms with Gasteiger partial charge in [0.05, 0.1) is 0 Å². The Kier molecular flexibility index (Phi) is 2.56. The summed E-state index contributed by atoms with van der Waals surface area (Å²) in [4.78, 5) is 14.1. The van der Waals surface area contributed by atoms with Gasteiger partial charge in [0.25, 0.3) is 0 Å². The van der Waals surface area contributed by atoms with Crippen LogP contribution < -0.4 is 0 Å². The highest BCUT2D eigenvalue weighted by Crippen LogP contribution is 2.45. The Morgan fingerprint density at radius 2 is 1.73 bits per heavy atom. The molecule has 2 nitrogen and oxygen atoms in total. The second kappa shape index (κ2) is 3.50. The normalized spacial score (nSPS) is 26.3. The molecule has 1 spiro atoms. The predicted molar refractivity (Wildman–Crippen MR) is 61.6 cm³/mol. The van der Waals surface area contributed by atoms with E-state index >= 15 is 0 Å². The molecular formula is C13H23NO. The monoisotopic (exact) mass is 209 g/mol. The quantitative estimate of drug-likeness (QED) is 0.600. The molecule has 1 aliphatic heterocycles. The van der Waals surface area contributed by atoms with Crippen molar-refractivity contribution in [2.24, 2.45) is 5.41 Å². The Morgan fingerprint density at radius 3 is 2.20 bits per heavy atom. The Morgan fingerprint density at radius 1 is 1.13 bits per heavy atom. The Labute approximate surface area is 93.0 Å². The van der Waals surface area contributed by atoms with Crippen molar-refractivity contribution in [3.8, 4) is 0 Å². The van der Waals surface area contributed by atoms with Crippen molar-refractivity contribution in [1.29, 1.82) is 0 Å². The van der Waals surface area contributed by atoms with Crippen LogP contribution in [0.3, 0.4) is 0 Å². The molecule has 0 aromatic rings. The van der Waals surface area contributed by atoms with Gasteiger partial charge in [-0.1, -0.05) is 19.3 Å². The smallest absolute Gasteiger partial charge is 0.223 e. The van der Waals surface area contributed by atoms with Crippen molar-refractivity contribution >= 4 is 5.91 Å². The second-order valence-corrected chi connectivity index (χ2v) is 6.39. The van der Waals surface area contributed by atoms with Gasteiger partial charge in [0.2, 0.25) is 5.91 Å². The van der Waals surface area contributed by atoms with Crippen LogP contribution in [-0.4, -0.2) is 22.9 Å². The minimum Gasteiger partial charge on any atom is -0.337 e. The van der Waals surface area contributed by atoms with E-state index in [1.165, 1.54) is 32.1 Å². The minimum absolute atomic E-state index is 0.0119. The fraction of sp³-hybridized carbons (Fsp3) is 0.923. The summed E-state index contributed by atoms with van der Waals surface area (Å²) in [6.07, 6.45) is 7.36. The van der Waals surface area contributed by atoms with Gasteiger partial charge in [-0.25, -0.2) is 0 Å². The van der Waals surface area contributed by atoms with E-state index < -0.39 is 0 Å². The van der Waals surface area contributed by atoms with Gasteiger partial charge in [0, 0.05) is 18.5 Å². The average molecular weight is 209 g/mol. The molecule has 86 valence electrons. The minimum atomic E-state index is 0.0119. The third-order valence-corrected chi connectivity index (χ3v) is 4.04. The van der Waals surface area contributed by atoms with E-state index in [1.54, 1.807) is 0 Å². The van der Waals surface area contributed by atoms with Crippen LogP contribution in [0.5, 0.6) is 0 Å². The maximum absolute atomic E-state index is 12.0. The first-order valence-electron chi connectivity index (χ1n) is 6.24. The maximum atomic E-state index is 12.0. The van der Waals surface area contributed by atoms with E-state index in [0.29, 0.717) is 11.3 Å². The summed E-state index contributed by atoms with van der Waals surface area (Å²) < 4.78 is 0. The fourth-order valence-electron chi connectivity index (χ4n) is 3.14. The van der Waals surface area contributed by atoms with Crippen LogP contribution >= 0.6 is 0 Å². The molecule has 0 N–H and O–H groups in total. The van der Waals surface area contributed by atoms with Crippen molar-refractivity contribution < 1.29 is 4.79 Å². The molecule has 0 bridgehead atoms. The Balaban J connectivity index is 2.12. The van der Waals surface area contributed by atoms with E-state index in [1.807, 2.05) is 0 Å². The number of nitrogens with zero attached hydrogens (tertiary/aromatic N) is 1.